The molecule has 4 nitrogen and oxygen atoms in total. The summed E-state index contributed by atoms with van der Waals surface area (Å²) in [6.07, 6.45) is 0.792. The number of rotatable bonds is 4. The summed E-state index contributed by atoms with van der Waals surface area (Å²) in [5, 5.41) is 0. The molecule has 0 N–H and O–H groups in total. The quantitative estimate of drug-likeness (QED) is 0.434. The number of esters is 2. The number of ether oxygens (including phenoxy) is 2. The van der Waals surface area contributed by atoms with Crippen LogP contribution in [0.15, 0.2) is 0 Å². The molecule has 0 aromatic heterocycles. The van der Waals surface area contributed by atoms with Crippen LogP contribution in [0.25, 0.3) is 0 Å². The molecule has 0 saturated heterocycles. The van der Waals surface area contributed by atoms with E-state index in [2.05, 4.69) is 0 Å². The lowest BCUT2D eigenvalue weighted by Crippen LogP contribution is -3.00. The minimum atomic E-state index is -0.866. The maximum absolute atomic E-state index is 10.4. The van der Waals surface area contributed by atoms with Gasteiger partial charge in [0.1, 0.15) is 0 Å². The second kappa shape index (κ2) is 8.45. The predicted octanol–water partition coefficient (Wildman–Crippen LogP) is -2.12. The van der Waals surface area contributed by atoms with Crippen molar-refractivity contribution in [2.75, 3.05) is 19.4 Å². The van der Waals surface area contributed by atoms with Crippen molar-refractivity contribution >= 4 is 19.9 Å². The van der Waals surface area contributed by atoms with Gasteiger partial charge >= 0.3 is 11.9 Å². The molecule has 0 fully saturated rings. The molecule has 0 rings (SSSR count). The van der Waals surface area contributed by atoms with Crippen molar-refractivity contribution in [2.24, 2.45) is 0 Å². The molecule has 0 unspecified atom stereocenters. The van der Waals surface area contributed by atoms with Gasteiger partial charge in [-0.25, -0.2) is 0 Å². The molecule has 0 bridgehead atoms. The van der Waals surface area contributed by atoms with Gasteiger partial charge in [0.25, 0.3) is 0 Å². The van der Waals surface area contributed by atoms with Gasteiger partial charge in [0.05, 0.1) is 14.6 Å². The number of hydrogen-bond donors (Lipinski definition) is 0. The number of hydrogen-bond acceptors (Lipinski definition) is 4. The standard InChI is InChI=1S/C7H13O4P.BrH/c1-6(8)10-4-12(3)5-11-7(2)9;/h4-5H2,1-3H3;1H. The number of carbonyl (C=O) groups excluding carboxylic acids is 2. The summed E-state index contributed by atoms with van der Waals surface area (Å²) in [5.41, 5.74) is 0. The van der Waals surface area contributed by atoms with Crippen LogP contribution in [0.4, 0.5) is 0 Å². The minimum Gasteiger partial charge on any atom is -1.00 e. The highest BCUT2D eigenvalue weighted by atomic mass is 79.9. The van der Waals surface area contributed by atoms with E-state index < -0.39 is 7.92 Å². The Labute approximate surface area is 89.5 Å². The Morgan fingerprint density at radius 1 is 1.08 bits per heavy atom. The van der Waals surface area contributed by atoms with Crippen LogP contribution in [0.5, 0.6) is 0 Å². The van der Waals surface area contributed by atoms with E-state index in [-0.39, 0.29) is 28.9 Å². The summed E-state index contributed by atoms with van der Waals surface area (Å²) in [6, 6.07) is 0. The molecule has 6 heteroatoms. The fourth-order valence-electron chi connectivity index (χ4n) is 0.491. The average molecular weight is 273 g/mol. The molecular weight excluding hydrogens is 259 g/mol. The van der Waals surface area contributed by atoms with E-state index in [0.29, 0.717) is 12.7 Å². The topological polar surface area (TPSA) is 52.6 Å². The molecule has 0 aliphatic heterocycles. The lowest BCUT2D eigenvalue weighted by atomic mass is 10.8. The number of carbonyl (C=O) groups is 2. The molecule has 0 heterocycles. The number of halogens is 1. The Bertz CT molecular complexity index is 156. The first-order valence-electron chi connectivity index (χ1n) is 3.60. The smallest absolute Gasteiger partial charge is 0.305 e. The van der Waals surface area contributed by atoms with Gasteiger partial charge in [-0.1, -0.05) is 0 Å². The van der Waals surface area contributed by atoms with Crippen molar-refractivity contribution in [3.05, 3.63) is 0 Å². The molecule has 78 valence electrons. The first-order valence-corrected chi connectivity index (χ1v) is 6.02. The molecule has 13 heavy (non-hydrogen) atoms. The maximum atomic E-state index is 10.4. The Balaban J connectivity index is 0. The third-order valence-electron chi connectivity index (χ3n) is 1.04. The third-order valence-corrected chi connectivity index (χ3v) is 2.32. The van der Waals surface area contributed by atoms with Crippen molar-refractivity contribution in [2.45, 2.75) is 13.8 Å². The van der Waals surface area contributed by atoms with Gasteiger partial charge in [-0.05, 0) is 0 Å². The molecule has 0 aliphatic rings. The monoisotopic (exact) mass is 272 g/mol. The van der Waals surface area contributed by atoms with E-state index in [1.807, 2.05) is 6.66 Å². The van der Waals surface area contributed by atoms with Gasteiger partial charge in [-0.2, -0.15) is 0 Å². The lowest BCUT2D eigenvalue weighted by molar-refractivity contribution is -0.138. The Hall–Kier alpha value is -0.150. The summed E-state index contributed by atoms with van der Waals surface area (Å²) < 4.78 is 9.50. The highest BCUT2D eigenvalue weighted by Crippen LogP contribution is 2.29. The molecule has 0 atom stereocenters. The zero-order chi connectivity index (χ0) is 9.56. The van der Waals surface area contributed by atoms with Crippen LogP contribution >= 0.6 is 7.92 Å². The fraction of sp³-hybridized carbons (Fsp3) is 0.714. The predicted molar refractivity (Wildman–Crippen MR) is 47.5 cm³/mol. The van der Waals surface area contributed by atoms with Crippen LogP contribution in [0.1, 0.15) is 13.8 Å². The van der Waals surface area contributed by atoms with Crippen molar-refractivity contribution < 1.29 is 36.0 Å². The van der Waals surface area contributed by atoms with Crippen LogP contribution in [0.3, 0.4) is 0 Å². The van der Waals surface area contributed by atoms with Gasteiger partial charge in [0.2, 0.25) is 0 Å². The normalized spacial score (nSPS) is 8.92. The molecule has 0 aromatic carbocycles. The molecule has 0 radical (unpaired) electrons. The SMILES string of the molecule is CC(=O)OC[PH+](C)COC(C)=O.[Br-]. The van der Waals surface area contributed by atoms with Crippen LogP contribution < -0.4 is 17.0 Å². The van der Waals surface area contributed by atoms with Crippen LogP contribution in [-0.2, 0) is 19.1 Å². The zero-order valence-corrected chi connectivity index (χ0v) is 10.5. The van der Waals surface area contributed by atoms with E-state index in [1.54, 1.807) is 0 Å². The molecule has 0 aromatic rings. The van der Waals surface area contributed by atoms with Gasteiger partial charge < -0.3 is 26.5 Å². The Morgan fingerprint density at radius 3 is 1.62 bits per heavy atom. The summed E-state index contributed by atoms with van der Waals surface area (Å²) in [4.78, 5) is 20.7. The van der Waals surface area contributed by atoms with E-state index in [0.717, 1.165) is 0 Å². The van der Waals surface area contributed by atoms with E-state index in [9.17, 15) is 9.59 Å². The van der Waals surface area contributed by atoms with Gasteiger partial charge in [0, 0.05) is 13.8 Å². The summed E-state index contributed by atoms with van der Waals surface area (Å²) in [6.45, 7) is 4.67. The highest BCUT2D eigenvalue weighted by Gasteiger charge is 2.11. The summed E-state index contributed by atoms with van der Waals surface area (Å²) in [7, 11) is -0.866. The average Bonchev–Trinajstić information content (AvgIpc) is 1.96. The fourth-order valence-corrected chi connectivity index (χ4v) is 1.47. The maximum Gasteiger partial charge on any atom is 0.305 e. The summed E-state index contributed by atoms with van der Waals surface area (Å²) >= 11 is 0. The van der Waals surface area contributed by atoms with E-state index >= 15 is 0 Å². The Morgan fingerprint density at radius 2 is 1.38 bits per heavy atom. The van der Waals surface area contributed by atoms with Crippen LogP contribution in [0, 0.1) is 0 Å². The zero-order valence-electron chi connectivity index (χ0n) is 7.93. The Kier molecular flexibility index (Phi) is 9.96. The molecular formula is C7H14BrO4P. The highest BCUT2D eigenvalue weighted by molar-refractivity contribution is 7.56. The van der Waals surface area contributed by atoms with Crippen LogP contribution in [0.2, 0.25) is 0 Å². The van der Waals surface area contributed by atoms with E-state index in [4.69, 9.17) is 9.47 Å². The minimum absolute atomic E-state index is 0. The van der Waals surface area contributed by atoms with Crippen molar-refractivity contribution in [1.29, 1.82) is 0 Å². The lowest BCUT2D eigenvalue weighted by Gasteiger charge is -2.04. The largest absolute Gasteiger partial charge is 1.00 e. The molecule has 0 aliphatic carbocycles. The molecule has 0 saturated carbocycles. The first kappa shape index (κ1) is 15.3. The van der Waals surface area contributed by atoms with Crippen molar-refractivity contribution in [3.8, 4) is 0 Å². The van der Waals surface area contributed by atoms with Gasteiger partial charge in [0.15, 0.2) is 12.7 Å². The second-order valence-electron chi connectivity index (χ2n) is 2.52. The molecule has 0 spiro atoms. The van der Waals surface area contributed by atoms with Gasteiger partial charge in [-0.15, -0.1) is 0 Å². The van der Waals surface area contributed by atoms with Crippen LogP contribution in [-0.4, -0.2) is 31.3 Å². The van der Waals surface area contributed by atoms with Crippen molar-refractivity contribution in [1.82, 2.24) is 0 Å². The first-order chi connectivity index (χ1) is 5.52. The van der Waals surface area contributed by atoms with E-state index in [1.165, 1.54) is 13.8 Å². The summed E-state index contributed by atoms with van der Waals surface area (Å²) in [5.74, 6) is -0.579. The van der Waals surface area contributed by atoms with Crippen molar-refractivity contribution in [3.63, 3.8) is 0 Å². The van der Waals surface area contributed by atoms with Gasteiger partial charge in [-0.3, -0.25) is 9.59 Å². The third kappa shape index (κ3) is 11.9. The molecule has 0 amide bonds. The second-order valence-corrected chi connectivity index (χ2v) is 5.01.